The molecule has 0 aliphatic heterocycles. The van der Waals surface area contributed by atoms with Crippen molar-refractivity contribution in [1.29, 1.82) is 0 Å². The van der Waals surface area contributed by atoms with Crippen LogP contribution in [-0.2, 0) is 17.9 Å². The summed E-state index contributed by atoms with van der Waals surface area (Å²) < 4.78 is 11.5. The lowest BCUT2D eigenvalue weighted by Gasteiger charge is -2.14. The Morgan fingerprint density at radius 3 is 2.95 bits per heavy atom. The Morgan fingerprint density at radius 2 is 2.26 bits per heavy atom. The van der Waals surface area contributed by atoms with Crippen LogP contribution in [0.3, 0.4) is 0 Å². The van der Waals surface area contributed by atoms with Crippen molar-refractivity contribution in [3.8, 4) is 0 Å². The van der Waals surface area contributed by atoms with Crippen LogP contribution >= 0.6 is 0 Å². The van der Waals surface area contributed by atoms with Gasteiger partial charge in [-0.1, -0.05) is 6.92 Å². The second-order valence-corrected chi connectivity index (χ2v) is 5.36. The molecule has 0 unspecified atom stereocenters. The van der Waals surface area contributed by atoms with E-state index in [1.165, 1.54) is 18.4 Å². The molecule has 1 aromatic rings. The first-order chi connectivity index (χ1) is 9.20. The maximum Gasteiger partial charge on any atom is 0.130 e. The highest BCUT2D eigenvalue weighted by Crippen LogP contribution is 2.24. The average Bonchev–Trinajstić information content (AvgIpc) is 3.18. The summed E-state index contributed by atoms with van der Waals surface area (Å²) in [4.78, 5) is 2.38. The number of likely N-dealkylation sites (N-methyl/N-ethyl adjacent to an activating group) is 1. The summed E-state index contributed by atoms with van der Waals surface area (Å²) in [6, 6.07) is 2.89. The number of nitrogens with zero attached hydrogens (tertiary/aromatic N) is 1. The summed E-state index contributed by atoms with van der Waals surface area (Å²) in [6.45, 7) is 8.29. The zero-order valence-corrected chi connectivity index (χ0v) is 12.4. The molecule has 1 N–H and O–H groups in total. The van der Waals surface area contributed by atoms with E-state index in [1.54, 1.807) is 0 Å². The number of hydrogen-bond donors (Lipinski definition) is 1. The first kappa shape index (κ1) is 14.6. The van der Waals surface area contributed by atoms with Gasteiger partial charge in [0.1, 0.15) is 18.1 Å². The van der Waals surface area contributed by atoms with Gasteiger partial charge in [0.25, 0.3) is 0 Å². The fraction of sp³-hybridized carbons (Fsp3) is 0.733. The van der Waals surface area contributed by atoms with Gasteiger partial charge in [-0.2, -0.15) is 0 Å². The molecule has 108 valence electrons. The Hall–Kier alpha value is -0.840. The first-order valence-corrected chi connectivity index (χ1v) is 7.27. The zero-order valence-electron chi connectivity index (χ0n) is 12.4. The third kappa shape index (κ3) is 4.64. The van der Waals surface area contributed by atoms with E-state index in [0.717, 1.165) is 43.8 Å². The summed E-state index contributed by atoms with van der Waals surface area (Å²) in [5.74, 6) is 1.95. The second-order valence-electron chi connectivity index (χ2n) is 5.36. The average molecular weight is 266 g/mol. The highest BCUT2D eigenvalue weighted by molar-refractivity contribution is 5.19. The van der Waals surface area contributed by atoms with Gasteiger partial charge in [0.05, 0.1) is 13.2 Å². The lowest BCUT2D eigenvalue weighted by atomic mass is 10.2. The van der Waals surface area contributed by atoms with Crippen LogP contribution < -0.4 is 5.32 Å². The lowest BCUT2D eigenvalue weighted by Crippen LogP contribution is -2.25. The van der Waals surface area contributed by atoms with Gasteiger partial charge >= 0.3 is 0 Å². The number of hydrogen-bond acceptors (Lipinski definition) is 4. The van der Waals surface area contributed by atoms with Gasteiger partial charge < -0.3 is 19.4 Å². The van der Waals surface area contributed by atoms with Gasteiger partial charge in [0.2, 0.25) is 0 Å². The van der Waals surface area contributed by atoms with Crippen LogP contribution in [0.1, 0.15) is 36.8 Å². The van der Waals surface area contributed by atoms with Crippen molar-refractivity contribution >= 4 is 0 Å². The van der Waals surface area contributed by atoms with Crippen LogP contribution in [0.4, 0.5) is 0 Å². The van der Waals surface area contributed by atoms with Crippen LogP contribution in [0.15, 0.2) is 10.5 Å². The molecular formula is C15H26N2O2. The van der Waals surface area contributed by atoms with Crippen molar-refractivity contribution < 1.29 is 9.15 Å². The summed E-state index contributed by atoms with van der Waals surface area (Å²) in [5, 5.41) is 3.28. The normalized spacial score (nSPS) is 15.4. The molecule has 1 saturated carbocycles. The molecule has 1 aliphatic rings. The number of rotatable bonds is 9. The predicted molar refractivity (Wildman–Crippen MR) is 76.1 cm³/mol. The summed E-state index contributed by atoms with van der Waals surface area (Å²) >= 11 is 0. The fourth-order valence-corrected chi connectivity index (χ4v) is 2.15. The molecule has 19 heavy (non-hydrogen) atoms. The monoisotopic (exact) mass is 266 g/mol. The first-order valence-electron chi connectivity index (χ1n) is 7.27. The summed E-state index contributed by atoms with van der Waals surface area (Å²) in [5.41, 5.74) is 1.20. The van der Waals surface area contributed by atoms with Crippen LogP contribution in [0.5, 0.6) is 0 Å². The van der Waals surface area contributed by atoms with Gasteiger partial charge in [0, 0.05) is 12.6 Å². The van der Waals surface area contributed by atoms with Gasteiger partial charge in [-0.3, -0.25) is 0 Å². The van der Waals surface area contributed by atoms with Gasteiger partial charge in [0.15, 0.2) is 0 Å². The maximum atomic E-state index is 5.78. The van der Waals surface area contributed by atoms with E-state index >= 15 is 0 Å². The molecule has 2 rings (SSSR count). The molecule has 0 radical (unpaired) electrons. The number of furan rings is 1. The van der Waals surface area contributed by atoms with E-state index < -0.39 is 0 Å². The molecule has 0 saturated heterocycles. The van der Waals surface area contributed by atoms with E-state index in [2.05, 4.69) is 37.2 Å². The zero-order chi connectivity index (χ0) is 13.7. The molecule has 0 spiro atoms. The topological polar surface area (TPSA) is 37.6 Å². The third-order valence-corrected chi connectivity index (χ3v) is 3.61. The minimum atomic E-state index is 0.575. The SMILES string of the molecule is CCNCc1oc(COCCN(C)C2CC2)cc1C. The Labute approximate surface area is 116 Å². The smallest absolute Gasteiger partial charge is 0.130 e. The molecule has 0 amide bonds. The predicted octanol–water partition coefficient (Wildman–Crippen LogP) is 2.31. The molecule has 1 aromatic heterocycles. The Morgan fingerprint density at radius 1 is 1.47 bits per heavy atom. The van der Waals surface area contributed by atoms with E-state index in [9.17, 15) is 0 Å². The second kappa shape index (κ2) is 7.08. The molecule has 4 nitrogen and oxygen atoms in total. The van der Waals surface area contributed by atoms with Crippen LogP contribution in [-0.4, -0.2) is 37.7 Å². The molecule has 1 heterocycles. The van der Waals surface area contributed by atoms with Crippen molar-refractivity contribution in [2.75, 3.05) is 26.7 Å². The number of ether oxygens (including phenoxy) is 1. The quantitative estimate of drug-likeness (QED) is 0.696. The molecule has 1 aliphatic carbocycles. The molecular weight excluding hydrogens is 240 g/mol. The third-order valence-electron chi connectivity index (χ3n) is 3.61. The van der Waals surface area contributed by atoms with Crippen molar-refractivity contribution in [1.82, 2.24) is 10.2 Å². The van der Waals surface area contributed by atoms with Crippen molar-refractivity contribution in [2.45, 2.75) is 45.9 Å². The van der Waals surface area contributed by atoms with Crippen LogP contribution in [0, 0.1) is 6.92 Å². The highest BCUT2D eigenvalue weighted by atomic mass is 16.5. The van der Waals surface area contributed by atoms with Gasteiger partial charge in [-0.05, 0) is 45.0 Å². The Balaban J connectivity index is 1.67. The van der Waals surface area contributed by atoms with Crippen molar-refractivity contribution in [2.24, 2.45) is 0 Å². The van der Waals surface area contributed by atoms with Gasteiger partial charge in [-0.25, -0.2) is 0 Å². The molecule has 0 atom stereocenters. The van der Waals surface area contributed by atoms with E-state index in [4.69, 9.17) is 9.15 Å². The highest BCUT2D eigenvalue weighted by Gasteiger charge is 2.25. The molecule has 1 fully saturated rings. The van der Waals surface area contributed by atoms with E-state index in [0.29, 0.717) is 6.61 Å². The minimum absolute atomic E-state index is 0.575. The molecule has 0 aromatic carbocycles. The van der Waals surface area contributed by atoms with Crippen molar-refractivity contribution in [3.63, 3.8) is 0 Å². The molecule has 4 heteroatoms. The lowest BCUT2D eigenvalue weighted by molar-refractivity contribution is 0.0855. The minimum Gasteiger partial charge on any atom is -0.462 e. The van der Waals surface area contributed by atoms with Crippen LogP contribution in [0.25, 0.3) is 0 Å². The summed E-state index contributed by atoms with van der Waals surface area (Å²) in [7, 11) is 2.17. The molecule has 0 bridgehead atoms. The Bertz CT molecular complexity index is 385. The van der Waals surface area contributed by atoms with Crippen molar-refractivity contribution in [3.05, 3.63) is 23.2 Å². The largest absolute Gasteiger partial charge is 0.462 e. The van der Waals surface area contributed by atoms with E-state index in [1.807, 2.05) is 0 Å². The van der Waals surface area contributed by atoms with Gasteiger partial charge in [-0.15, -0.1) is 0 Å². The number of aryl methyl sites for hydroxylation is 1. The standard InChI is InChI=1S/C15H26N2O2/c1-4-16-10-15-12(2)9-14(19-15)11-18-8-7-17(3)13-5-6-13/h9,13,16H,4-8,10-11H2,1-3H3. The van der Waals surface area contributed by atoms with E-state index in [-0.39, 0.29) is 0 Å². The fourth-order valence-electron chi connectivity index (χ4n) is 2.15. The Kier molecular flexibility index (Phi) is 5.43. The van der Waals surface area contributed by atoms with Crippen LogP contribution in [0.2, 0.25) is 0 Å². The maximum absolute atomic E-state index is 5.78. The summed E-state index contributed by atoms with van der Waals surface area (Å²) in [6.07, 6.45) is 2.70. The number of nitrogens with one attached hydrogen (secondary N) is 1.